The zero-order valence-corrected chi connectivity index (χ0v) is 11.1. The van der Waals surface area contributed by atoms with Crippen LogP contribution in [0.2, 0.25) is 0 Å². The van der Waals surface area contributed by atoms with E-state index in [-0.39, 0.29) is 11.4 Å². The van der Waals surface area contributed by atoms with Gasteiger partial charge in [0.15, 0.2) is 5.41 Å². The minimum Gasteiger partial charge on any atom is -0.384 e. The number of carbonyl (C=O) groups excluding carboxylic acids is 2. The zero-order chi connectivity index (χ0) is 14.8. The van der Waals surface area contributed by atoms with Crippen molar-refractivity contribution in [2.24, 2.45) is 16.6 Å². The Kier molecular flexibility index (Phi) is 2.28. The summed E-state index contributed by atoms with van der Waals surface area (Å²) in [5.41, 5.74) is 1.32. The Bertz CT molecular complexity index is 607. The number of nitrogens with zero attached hydrogens (tertiary/aromatic N) is 1. The summed E-state index contributed by atoms with van der Waals surface area (Å²) in [7, 11) is 0. The Morgan fingerprint density at radius 2 is 1.95 bits per heavy atom. The van der Waals surface area contributed by atoms with Crippen molar-refractivity contribution in [2.75, 3.05) is 0 Å². The lowest BCUT2D eigenvalue weighted by Gasteiger charge is -2.47. The molecule has 106 valence electrons. The molecule has 1 saturated carbocycles. The zero-order valence-electron chi connectivity index (χ0n) is 11.1. The molecule has 5 N–H and O–H groups in total. The van der Waals surface area contributed by atoms with Gasteiger partial charge >= 0.3 is 0 Å². The molecule has 3 atom stereocenters. The van der Waals surface area contributed by atoms with Gasteiger partial charge in [-0.1, -0.05) is 13.3 Å². The van der Waals surface area contributed by atoms with E-state index in [1.807, 2.05) is 6.07 Å². The first kappa shape index (κ1) is 12.9. The third kappa shape index (κ3) is 1.06. The lowest BCUT2D eigenvalue weighted by Crippen LogP contribution is -2.58. The molecule has 3 rings (SSSR count). The van der Waals surface area contributed by atoms with Crippen LogP contribution >= 0.6 is 0 Å². The predicted octanol–water partition coefficient (Wildman–Crippen LogP) is -0.805. The number of hydrogen-bond donors (Lipinski definition) is 4. The largest absolute Gasteiger partial charge is 0.384 e. The van der Waals surface area contributed by atoms with E-state index < -0.39 is 28.4 Å². The molecule has 7 heteroatoms. The van der Waals surface area contributed by atoms with Crippen LogP contribution in [0.25, 0.3) is 0 Å². The summed E-state index contributed by atoms with van der Waals surface area (Å²) in [5.74, 6) is -1.35. The monoisotopic (exact) mass is 276 g/mol. The molecule has 0 radical (unpaired) electrons. The quantitative estimate of drug-likeness (QED) is 0.430. The second-order valence-electron chi connectivity index (χ2n) is 5.96. The van der Waals surface area contributed by atoms with Gasteiger partial charge in [0.2, 0.25) is 11.8 Å². The van der Waals surface area contributed by atoms with Crippen molar-refractivity contribution < 1.29 is 14.7 Å². The molecule has 2 fully saturated rings. The molecule has 1 aliphatic carbocycles. The molecule has 1 spiro atoms. The highest BCUT2D eigenvalue weighted by Crippen LogP contribution is 2.62. The van der Waals surface area contributed by atoms with Gasteiger partial charge in [-0.15, -0.1) is 0 Å². The molecule has 0 aromatic heterocycles. The highest BCUT2D eigenvalue weighted by molar-refractivity contribution is 6.14. The molecule has 20 heavy (non-hydrogen) atoms. The van der Waals surface area contributed by atoms with Crippen LogP contribution in [0.15, 0.2) is 11.4 Å². The predicted molar refractivity (Wildman–Crippen MR) is 67.1 cm³/mol. The van der Waals surface area contributed by atoms with E-state index in [1.54, 1.807) is 6.92 Å². The van der Waals surface area contributed by atoms with Gasteiger partial charge in [0, 0.05) is 5.41 Å². The smallest absolute Gasteiger partial charge is 0.247 e. The van der Waals surface area contributed by atoms with Crippen LogP contribution in [-0.4, -0.2) is 22.6 Å². The molecule has 2 aliphatic heterocycles. The first-order valence-electron chi connectivity index (χ1n) is 6.60. The SMILES string of the molecule is C[C@]12CCCC[C@]1(O)NC(=O)[C@@]21C(=O)NC(N)=C1C#N. The van der Waals surface area contributed by atoms with Crippen LogP contribution in [0.3, 0.4) is 0 Å². The Balaban J connectivity index is 2.30. The second-order valence-corrected chi connectivity index (χ2v) is 5.96. The van der Waals surface area contributed by atoms with Gasteiger partial charge in [-0.05, 0) is 19.3 Å². The van der Waals surface area contributed by atoms with Crippen molar-refractivity contribution in [1.29, 1.82) is 5.26 Å². The number of nitriles is 1. The van der Waals surface area contributed by atoms with E-state index >= 15 is 0 Å². The van der Waals surface area contributed by atoms with Gasteiger partial charge in [0.25, 0.3) is 0 Å². The standard InChI is InChI=1S/C13H16N4O3/c1-11-4-2-3-5-12(11,20)17-10(19)13(11)7(6-14)8(15)16-9(13)18/h20H,2-5,15H2,1H3,(H,16,18)(H,17,19)/t11-,12+,13+/m0/s1. The maximum atomic E-state index is 12.5. The highest BCUT2D eigenvalue weighted by atomic mass is 16.3. The molecule has 0 unspecified atom stereocenters. The van der Waals surface area contributed by atoms with Crippen molar-refractivity contribution in [3.05, 3.63) is 11.4 Å². The molecule has 0 aromatic carbocycles. The maximum Gasteiger partial charge on any atom is 0.247 e. The van der Waals surface area contributed by atoms with E-state index in [2.05, 4.69) is 10.6 Å². The van der Waals surface area contributed by atoms with Crippen molar-refractivity contribution in [2.45, 2.75) is 38.3 Å². The lowest BCUT2D eigenvalue weighted by molar-refractivity contribution is -0.153. The van der Waals surface area contributed by atoms with Gasteiger partial charge in [-0.25, -0.2) is 0 Å². The molecule has 0 bridgehead atoms. The fourth-order valence-corrected chi connectivity index (χ4v) is 4.05. The Morgan fingerprint density at radius 1 is 1.30 bits per heavy atom. The van der Waals surface area contributed by atoms with Crippen LogP contribution < -0.4 is 16.4 Å². The van der Waals surface area contributed by atoms with Gasteiger partial charge < -0.3 is 21.5 Å². The van der Waals surface area contributed by atoms with Gasteiger partial charge in [0.1, 0.15) is 17.6 Å². The number of carbonyl (C=O) groups is 2. The van der Waals surface area contributed by atoms with Crippen LogP contribution in [0.1, 0.15) is 32.6 Å². The first-order chi connectivity index (χ1) is 9.33. The summed E-state index contributed by atoms with van der Waals surface area (Å²) < 4.78 is 0. The fourth-order valence-electron chi connectivity index (χ4n) is 4.05. The van der Waals surface area contributed by atoms with Crippen molar-refractivity contribution in [3.63, 3.8) is 0 Å². The molecular weight excluding hydrogens is 260 g/mol. The number of hydrogen-bond acceptors (Lipinski definition) is 5. The van der Waals surface area contributed by atoms with E-state index in [0.717, 1.165) is 12.8 Å². The summed E-state index contributed by atoms with van der Waals surface area (Å²) in [6.07, 6.45) is 2.36. The van der Waals surface area contributed by atoms with E-state index in [9.17, 15) is 20.0 Å². The summed E-state index contributed by atoms with van der Waals surface area (Å²) in [6.45, 7) is 1.68. The average molecular weight is 276 g/mol. The van der Waals surface area contributed by atoms with Crippen molar-refractivity contribution in [1.82, 2.24) is 10.6 Å². The molecular formula is C13H16N4O3. The van der Waals surface area contributed by atoms with Gasteiger partial charge in [0.05, 0.1) is 5.57 Å². The third-order valence-electron chi connectivity index (χ3n) is 5.21. The minimum atomic E-state index is -1.72. The van der Waals surface area contributed by atoms with Gasteiger partial charge in [-0.2, -0.15) is 5.26 Å². The molecule has 3 aliphatic rings. The molecule has 7 nitrogen and oxygen atoms in total. The van der Waals surface area contributed by atoms with Crippen LogP contribution in [0.4, 0.5) is 0 Å². The maximum absolute atomic E-state index is 12.5. The van der Waals surface area contributed by atoms with E-state index in [0.29, 0.717) is 12.8 Å². The topological polar surface area (TPSA) is 128 Å². The number of nitrogens with one attached hydrogen (secondary N) is 2. The first-order valence-corrected chi connectivity index (χ1v) is 6.60. The molecule has 0 aromatic rings. The summed E-state index contributed by atoms with van der Waals surface area (Å²) >= 11 is 0. The normalized spacial score (nSPS) is 43.2. The summed E-state index contributed by atoms with van der Waals surface area (Å²) in [5, 5.41) is 25.1. The Labute approximate surface area is 115 Å². The highest BCUT2D eigenvalue weighted by Gasteiger charge is 2.77. The Hall–Kier alpha value is -2.07. The van der Waals surface area contributed by atoms with E-state index in [1.165, 1.54) is 0 Å². The van der Waals surface area contributed by atoms with Gasteiger partial charge in [-0.3, -0.25) is 9.59 Å². The average Bonchev–Trinajstić information content (AvgIpc) is 2.73. The summed E-state index contributed by atoms with van der Waals surface area (Å²) in [6, 6.07) is 1.88. The number of aliphatic hydroxyl groups is 1. The van der Waals surface area contributed by atoms with Crippen molar-refractivity contribution in [3.8, 4) is 6.07 Å². The number of rotatable bonds is 0. The second kappa shape index (κ2) is 3.52. The van der Waals surface area contributed by atoms with Crippen molar-refractivity contribution >= 4 is 11.8 Å². The van der Waals surface area contributed by atoms with Crippen LogP contribution in [0.5, 0.6) is 0 Å². The lowest BCUT2D eigenvalue weighted by atomic mass is 9.54. The van der Waals surface area contributed by atoms with Crippen LogP contribution in [-0.2, 0) is 9.59 Å². The Morgan fingerprint density at radius 3 is 2.60 bits per heavy atom. The number of nitrogens with two attached hydrogens (primary N) is 1. The molecule has 2 amide bonds. The molecule has 1 saturated heterocycles. The van der Waals surface area contributed by atoms with E-state index in [4.69, 9.17) is 5.73 Å². The number of amides is 2. The number of fused-ring (bicyclic) bond motifs is 2. The third-order valence-corrected chi connectivity index (χ3v) is 5.21. The summed E-state index contributed by atoms with van der Waals surface area (Å²) in [4.78, 5) is 25.0. The molecule has 2 heterocycles. The van der Waals surface area contributed by atoms with Crippen LogP contribution in [0, 0.1) is 22.2 Å². The fraction of sp³-hybridized carbons (Fsp3) is 0.615. The minimum absolute atomic E-state index is 0.0830.